The third kappa shape index (κ3) is 7.51. The van der Waals surface area contributed by atoms with Crippen LogP contribution in [0.1, 0.15) is 11.1 Å². The quantitative estimate of drug-likeness (QED) is 0.289. The number of halogens is 3. The van der Waals surface area contributed by atoms with E-state index in [0.717, 1.165) is 25.2 Å². The van der Waals surface area contributed by atoms with Gasteiger partial charge < -0.3 is 29.5 Å². The van der Waals surface area contributed by atoms with Crippen LogP contribution in [0.2, 0.25) is 5.02 Å². The van der Waals surface area contributed by atoms with Gasteiger partial charge in [0.05, 0.1) is 32.8 Å². The molecule has 0 fully saturated rings. The molecule has 200 valence electrons. The maximum Gasteiger partial charge on any atom is 0.387 e. The third-order valence-electron chi connectivity index (χ3n) is 5.43. The van der Waals surface area contributed by atoms with Crippen LogP contribution in [0.25, 0.3) is 0 Å². The molecule has 37 heavy (non-hydrogen) atoms. The Morgan fingerprint density at radius 2 is 1.86 bits per heavy atom. The van der Waals surface area contributed by atoms with Crippen LogP contribution >= 0.6 is 29.6 Å². The van der Waals surface area contributed by atoms with E-state index in [0.29, 0.717) is 29.0 Å². The number of nitrogens with zero attached hydrogens (tertiary/aromatic N) is 3. The van der Waals surface area contributed by atoms with Gasteiger partial charge in [0, 0.05) is 19.2 Å². The lowest BCUT2D eigenvalue weighted by molar-refractivity contribution is -0.0498. The maximum atomic E-state index is 12.7. The van der Waals surface area contributed by atoms with Gasteiger partial charge in [-0.2, -0.15) is 23.7 Å². The number of aromatic nitrogens is 2. The summed E-state index contributed by atoms with van der Waals surface area (Å²) in [7, 11) is 2.87. The highest BCUT2D eigenvalue weighted by Gasteiger charge is 2.18. The predicted molar refractivity (Wildman–Crippen MR) is 150 cm³/mol. The van der Waals surface area contributed by atoms with Gasteiger partial charge in [0.1, 0.15) is 22.3 Å². The molecule has 1 aromatic heterocycles. The third-order valence-corrected chi connectivity index (χ3v) is 6.27. The van der Waals surface area contributed by atoms with E-state index >= 15 is 0 Å². The number of methoxy groups -OCH3 is 1. The van der Waals surface area contributed by atoms with Crippen LogP contribution in [0.5, 0.6) is 17.2 Å². The van der Waals surface area contributed by atoms with Crippen molar-refractivity contribution in [1.29, 1.82) is 0 Å². The van der Waals surface area contributed by atoms with E-state index in [1.54, 1.807) is 13.2 Å². The lowest BCUT2D eigenvalue weighted by atomic mass is 9.99. The molecule has 0 radical (unpaired) electrons. The zero-order valence-electron chi connectivity index (χ0n) is 21.0. The Bertz CT molecular complexity index is 1240. The molecule has 0 saturated carbocycles. The summed E-state index contributed by atoms with van der Waals surface area (Å²) in [4.78, 5) is 11.1. The topological polar surface area (TPSA) is 80.8 Å². The summed E-state index contributed by atoms with van der Waals surface area (Å²) in [5.41, 5.74) is 3.70. The second-order valence-corrected chi connectivity index (χ2v) is 10.6. The number of anilines is 4. The first-order valence-electron chi connectivity index (χ1n) is 11.1. The first-order chi connectivity index (χ1) is 17.2. The Labute approximate surface area is 224 Å². The number of rotatable bonds is 9. The first kappa shape index (κ1) is 29.1. The molecule has 1 aliphatic heterocycles. The van der Waals surface area contributed by atoms with Gasteiger partial charge in [-0.3, -0.25) is 0 Å². The van der Waals surface area contributed by atoms with E-state index in [2.05, 4.69) is 37.3 Å². The van der Waals surface area contributed by atoms with E-state index in [-0.39, 0.29) is 20.7 Å². The van der Waals surface area contributed by atoms with E-state index < -0.39 is 14.8 Å². The lowest BCUT2D eigenvalue weighted by Crippen LogP contribution is -2.26. The molecule has 4 rings (SSSR count). The molecule has 1 atom stereocenters. The molecule has 2 N–H and O–H groups in total. The molecule has 2 heterocycles. The number of ether oxygens (including phenoxy) is 2. The number of alkyl halides is 2. The van der Waals surface area contributed by atoms with Crippen molar-refractivity contribution in [3.8, 4) is 17.2 Å². The Hall–Kier alpha value is -2.51. The van der Waals surface area contributed by atoms with Gasteiger partial charge in [-0.05, 0) is 62.2 Å². The minimum Gasteiger partial charge on any atom is -0.495 e. The number of hydrogen-bond donors (Lipinski definition) is 2. The summed E-state index contributed by atoms with van der Waals surface area (Å²) in [6.45, 7) is 2.68. The molecule has 0 bridgehead atoms. The zero-order chi connectivity index (χ0) is 25.8. The molecule has 1 unspecified atom stereocenters. The van der Waals surface area contributed by atoms with Crippen LogP contribution in [0.4, 0.5) is 31.9 Å². The fourth-order valence-corrected chi connectivity index (χ4v) is 4.49. The van der Waals surface area contributed by atoms with Gasteiger partial charge in [-0.15, -0.1) is 0 Å². The summed E-state index contributed by atoms with van der Waals surface area (Å²) in [6.07, 6.45) is 2.43. The van der Waals surface area contributed by atoms with Crippen molar-refractivity contribution in [3.63, 3.8) is 0 Å². The van der Waals surface area contributed by atoms with Crippen LogP contribution < -0.4 is 24.6 Å². The van der Waals surface area contributed by atoms with Gasteiger partial charge in [0.15, 0.2) is 5.82 Å². The van der Waals surface area contributed by atoms with Crippen molar-refractivity contribution >= 4 is 52.8 Å². The number of hydrogen-bond acceptors (Lipinski definition) is 8. The molecule has 0 spiro atoms. The van der Waals surface area contributed by atoms with Crippen LogP contribution in [-0.4, -0.2) is 55.5 Å². The standard InChI is InChI=1S/C24H27ClF2N5O3P.H3P/c1-32-8-7-14-10-20(33-2)19(9-15(14)13-32)30-24-28-12-17(25)22(31-24)29-18-6-5-16(34-23(26)27)11-21(18)35-36(3)4;/h5-6,9-12,23H,7-8,13H2,1-4H3,(H2,28,29,30,31);1H3. The number of nitrogens with one attached hydrogen (secondary N) is 2. The smallest absolute Gasteiger partial charge is 0.387 e. The van der Waals surface area contributed by atoms with Gasteiger partial charge >= 0.3 is 6.61 Å². The van der Waals surface area contributed by atoms with Crippen LogP contribution in [-0.2, 0) is 13.0 Å². The fraction of sp³-hybridized carbons (Fsp3) is 0.333. The summed E-state index contributed by atoms with van der Waals surface area (Å²) >= 11 is 6.37. The van der Waals surface area contributed by atoms with Crippen LogP contribution in [0.3, 0.4) is 0 Å². The number of benzene rings is 2. The number of fused-ring (bicyclic) bond motifs is 1. The van der Waals surface area contributed by atoms with Crippen LogP contribution in [0, 0.1) is 0 Å². The molecule has 2 aromatic carbocycles. The van der Waals surface area contributed by atoms with E-state index in [9.17, 15) is 8.78 Å². The van der Waals surface area contributed by atoms with Gasteiger partial charge in [0.2, 0.25) is 5.95 Å². The lowest BCUT2D eigenvalue weighted by Gasteiger charge is -2.26. The molecule has 0 aliphatic carbocycles. The van der Waals surface area contributed by atoms with Crippen molar-refractivity contribution in [2.24, 2.45) is 0 Å². The normalized spacial score (nSPS) is 13.1. The minimum atomic E-state index is -2.94. The SMILES string of the molecule is COc1cc2c(cc1Nc1ncc(Cl)c(Nc3ccc(OC(F)F)cc3OP(C)C)n1)CN(C)CC2.P. The second kappa shape index (κ2) is 12.8. The zero-order valence-corrected chi connectivity index (χ0v) is 24.1. The van der Waals surface area contributed by atoms with E-state index in [4.69, 9.17) is 20.9 Å². The molecule has 1 aliphatic rings. The van der Waals surface area contributed by atoms with Gasteiger partial charge in [-0.25, -0.2) is 4.98 Å². The van der Waals surface area contributed by atoms with E-state index in [1.165, 1.54) is 29.5 Å². The predicted octanol–water partition coefficient (Wildman–Crippen LogP) is 6.31. The van der Waals surface area contributed by atoms with Gasteiger partial charge in [0.25, 0.3) is 0 Å². The summed E-state index contributed by atoms with van der Waals surface area (Å²) in [5.74, 6) is 1.64. The average Bonchev–Trinajstić information content (AvgIpc) is 2.81. The summed E-state index contributed by atoms with van der Waals surface area (Å²) in [5, 5.41) is 6.61. The molecule has 0 amide bonds. The molecular formula is C24H30ClF2N5O3P2. The van der Waals surface area contributed by atoms with Crippen LogP contribution in [0.15, 0.2) is 36.5 Å². The Morgan fingerprint density at radius 1 is 1.08 bits per heavy atom. The Balaban J connectivity index is 0.00000380. The molecule has 8 nitrogen and oxygen atoms in total. The monoisotopic (exact) mass is 571 g/mol. The molecule has 3 aromatic rings. The highest BCUT2D eigenvalue weighted by Crippen LogP contribution is 2.40. The average molecular weight is 572 g/mol. The number of likely N-dealkylation sites (N-methyl/N-ethyl adjacent to an activating group) is 1. The minimum absolute atomic E-state index is 0. The van der Waals surface area contributed by atoms with Crippen molar-refractivity contribution in [2.75, 3.05) is 44.7 Å². The fourth-order valence-electron chi connectivity index (χ4n) is 3.81. The first-order valence-corrected chi connectivity index (χ1v) is 13.6. The highest BCUT2D eigenvalue weighted by atomic mass is 35.5. The summed E-state index contributed by atoms with van der Waals surface area (Å²) in [6, 6.07) is 8.48. The molecule has 13 heteroatoms. The highest BCUT2D eigenvalue weighted by molar-refractivity contribution is 7.51. The maximum absolute atomic E-state index is 12.7. The second-order valence-electron chi connectivity index (χ2n) is 8.39. The largest absolute Gasteiger partial charge is 0.495 e. The molecular weight excluding hydrogens is 542 g/mol. The Kier molecular flexibility index (Phi) is 10.1. The van der Waals surface area contributed by atoms with Crippen molar-refractivity contribution in [2.45, 2.75) is 19.6 Å². The van der Waals surface area contributed by atoms with Crippen molar-refractivity contribution in [3.05, 3.63) is 52.7 Å². The van der Waals surface area contributed by atoms with E-state index in [1.807, 2.05) is 25.5 Å². The van der Waals surface area contributed by atoms with Crippen molar-refractivity contribution in [1.82, 2.24) is 14.9 Å². The van der Waals surface area contributed by atoms with Gasteiger partial charge in [-0.1, -0.05) is 11.6 Å². The Morgan fingerprint density at radius 3 is 2.57 bits per heavy atom. The summed E-state index contributed by atoms with van der Waals surface area (Å²) < 4.78 is 41.3. The molecule has 0 saturated heterocycles. The van der Waals surface area contributed by atoms with Crippen molar-refractivity contribution < 1.29 is 22.8 Å².